The van der Waals surface area contributed by atoms with Gasteiger partial charge in [0.1, 0.15) is 6.04 Å². The fourth-order valence-corrected chi connectivity index (χ4v) is 2.18. The van der Waals surface area contributed by atoms with E-state index < -0.39 is 0 Å². The van der Waals surface area contributed by atoms with Crippen LogP contribution in [0.15, 0.2) is 30.4 Å². The molecule has 0 bridgehead atoms. The molecule has 2 N–H and O–H groups in total. The minimum atomic E-state index is -0.184. The summed E-state index contributed by atoms with van der Waals surface area (Å²) in [4.78, 5) is 11.8. The topological polar surface area (TPSA) is 59.6 Å². The standard InChI is InChI=1S/C14H16N2O3/c17-14(11-2-1-6-15-11)16-7-5-10-3-4-12-13(8-10)19-9-18-12/h1-4,8,11,15H,5-7,9H2,(H,16,17)/t11-/m1/s1. The fourth-order valence-electron chi connectivity index (χ4n) is 2.18. The van der Waals surface area contributed by atoms with Gasteiger partial charge in [-0.2, -0.15) is 0 Å². The SMILES string of the molecule is O=C(NCCc1ccc2c(c1)OCO2)[C@H]1C=CCN1. The number of hydrogen-bond donors (Lipinski definition) is 2. The molecule has 3 rings (SSSR count). The Labute approximate surface area is 111 Å². The van der Waals surface area contributed by atoms with Crippen LogP contribution in [0.5, 0.6) is 11.5 Å². The summed E-state index contributed by atoms with van der Waals surface area (Å²) in [5.74, 6) is 1.59. The quantitative estimate of drug-likeness (QED) is 0.778. The summed E-state index contributed by atoms with van der Waals surface area (Å²) in [6, 6.07) is 5.67. The summed E-state index contributed by atoms with van der Waals surface area (Å²) >= 11 is 0. The number of ether oxygens (including phenoxy) is 2. The third-order valence-electron chi connectivity index (χ3n) is 3.22. The van der Waals surface area contributed by atoms with Gasteiger partial charge < -0.3 is 14.8 Å². The summed E-state index contributed by atoms with van der Waals surface area (Å²) in [5, 5.41) is 6.00. The van der Waals surface area contributed by atoms with Crippen molar-refractivity contribution in [1.29, 1.82) is 0 Å². The zero-order valence-corrected chi connectivity index (χ0v) is 10.5. The first kappa shape index (κ1) is 12.0. The number of fused-ring (bicyclic) bond motifs is 1. The lowest BCUT2D eigenvalue weighted by atomic mass is 10.1. The van der Waals surface area contributed by atoms with Crippen molar-refractivity contribution in [1.82, 2.24) is 10.6 Å². The summed E-state index contributed by atoms with van der Waals surface area (Å²) in [5.41, 5.74) is 1.12. The van der Waals surface area contributed by atoms with E-state index in [9.17, 15) is 4.79 Å². The summed E-state index contributed by atoms with van der Waals surface area (Å²) in [7, 11) is 0. The van der Waals surface area contributed by atoms with Gasteiger partial charge >= 0.3 is 0 Å². The summed E-state index contributed by atoms with van der Waals surface area (Å²) < 4.78 is 10.6. The van der Waals surface area contributed by atoms with Gasteiger partial charge in [-0.05, 0) is 24.1 Å². The van der Waals surface area contributed by atoms with Crippen molar-refractivity contribution < 1.29 is 14.3 Å². The lowest BCUT2D eigenvalue weighted by molar-refractivity contribution is -0.121. The molecule has 1 aromatic rings. The van der Waals surface area contributed by atoms with E-state index in [1.54, 1.807) is 0 Å². The molecule has 2 aliphatic heterocycles. The number of amides is 1. The second kappa shape index (κ2) is 5.32. The molecule has 0 saturated heterocycles. The van der Waals surface area contributed by atoms with E-state index in [0.717, 1.165) is 30.0 Å². The van der Waals surface area contributed by atoms with Gasteiger partial charge in [-0.25, -0.2) is 0 Å². The van der Waals surface area contributed by atoms with Gasteiger partial charge in [0.05, 0.1) is 0 Å². The Hall–Kier alpha value is -2.01. The van der Waals surface area contributed by atoms with Crippen LogP contribution in [0, 0.1) is 0 Å². The van der Waals surface area contributed by atoms with Crippen LogP contribution in [0.1, 0.15) is 5.56 Å². The van der Waals surface area contributed by atoms with Crippen LogP contribution < -0.4 is 20.1 Å². The van der Waals surface area contributed by atoms with Gasteiger partial charge in [0, 0.05) is 13.1 Å². The lowest BCUT2D eigenvalue weighted by Crippen LogP contribution is -2.41. The Balaban J connectivity index is 1.49. The first-order valence-electron chi connectivity index (χ1n) is 6.39. The molecule has 0 radical (unpaired) electrons. The van der Waals surface area contributed by atoms with Crippen molar-refractivity contribution in [2.75, 3.05) is 19.9 Å². The molecular formula is C14H16N2O3. The maximum absolute atomic E-state index is 11.8. The smallest absolute Gasteiger partial charge is 0.241 e. The molecule has 5 heteroatoms. The molecule has 1 amide bonds. The van der Waals surface area contributed by atoms with E-state index in [1.165, 1.54) is 0 Å². The van der Waals surface area contributed by atoms with Crippen LogP contribution in [-0.2, 0) is 11.2 Å². The minimum absolute atomic E-state index is 0.0227. The average Bonchev–Trinajstić information content (AvgIpc) is 3.09. The molecule has 5 nitrogen and oxygen atoms in total. The molecule has 100 valence electrons. The van der Waals surface area contributed by atoms with Crippen molar-refractivity contribution >= 4 is 5.91 Å². The summed E-state index contributed by atoms with van der Waals surface area (Å²) in [6.07, 6.45) is 4.62. The molecule has 1 atom stereocenters. The first-order valence-corrected chi connectivity index (χ1v) is 6.39. The molecule has 0 fully saturated rings. The van der Waals surface area contributed by atoms with E-state index in [-0.39, 0.29) is 18.7 Å². The third-order valence-corrected chi connectivity index (χ3v) is 3.22. The molecule has 0 unspecified atom stereocenters. The van der Waals surface area contributed by atoms with Gasteiger partial charge in [-0.15, -0.1) is 0 Å². The Kier molecular flexibility index (Phi) is 3.37. The number of hydrogen-bond acceptors (Lipinski definition) is 4. The van der Waals surface area contributed by atoms with Crippen LogP contribution in [-0.4, -0.2) is 31.8 Å². The predicted octanol–water partition coefficient (Wildman–Crippen LogP) is 0.602. The highest BCUT2D eigenvalue weighted by Crippen LogP contribution is 2.32. The molecule has 0 spiro atoms. The van der Waals surface area contributed by atoms with Crippen molar-refractivity contribution in [3.05, 3.63) is 35.9 Å². The second-order valence-electron chi connectivity index (χ2n) is 4.54. The number of benzene rings is 1. The van der Waals surface area contributed by atoms with Crippen LogP contribution in [0.25, 0.3) is 0 Å². The van der Waals surface area contributed by atoms with Crippen LogP contribution in [0.2, 0.25) is 0 Å². The molecule has 0 saturated carbocycles. The van der Waals surface area contributed by atoms with Gasteiger partial charge in [0.25, 0.3) is 0 Å². The van der Waals surface area contributed by atoms with E-state index in [4.69, 9.17) is 9.47 Å². The zero-order chi connectivity index (χ0) is 13.1. The van der Waals surface area contributed by atoms with Crippen molar-refractivity contribution in [3.8, 4) is 11.5 Å². The van der Waals surface area contributed by atoms with E-state index in [2.05, 4.69) is 10.6 Å². The fraction of sp³-hybridized carbons (Fsp3) is 0.357. The maximum Gasteiger partial charge on any atom is 0.241 e. The van der Waals surface area contributed by atoms with E-state index in [1.807, 2.05) is 30.4 Å². The lowest BCUT2D eigenvalue weighted by Gasteiger charge is -2.10. The van der Waals surface area contributed by atoms with Gasteiger partial charge in [-0.1, -0.05) is 18.2 Å². The van der Waals surface area contributed by atoms with E-state index >= 15 is 0 Å². The minimum Gasteiger partial charge on any atom is -0.454 e. The maximum atomic E-state index is 11.8. The van der Waals surface area contributed by atoms with Gasteiger partial charge in [0.2, 0.25) is 12.7 Å². The van der Waals surface area contributed by atoms with Crippen molar-refractivity contribution in [2.24, 2.45) is 0 Å². The van der Waals surface area contributed by atoms with Crippen molar-refractivity contribution in [3.63, 3.8) is 0 Å². The molecule has 0 aliphatic carbocycles. The molecule has 2 heterocycles. The largest absolute Gasteiger partial charge is 0.454 e. The average molecular weight is 260 g/mol. The zero-order valence-electron chi connectivity index (χ0n) is 10.5. The monoisotopic (exact) mass is 260 g/mol. The van der Waals surface area contributed by atoms with E-state index in [0.29, 0.717) is 6.54 Å². The Morgan fingerprint density at radius 1 is 1.37 bits per heavy atom. The van der Waals surface area contributed by atoms with Crippen LogP contribution >= 0.6 is 0 Å². The van der Waals surface area contributed by atoms with Crippen molar-refractivity contribution in [2.45, 2.75) is 12.5 Å². The molecular weight excluding hydrogens is 244 g/mol. The van der Waals surface area contributed by atoms with Crippen LogP contribution in [0.3, 0.4) is 0 Å². The highest BCUT2D eigenvalue weighted by molar-refractivity contribution is 5.84. The molecule has 1 aromatic carbocycles. The number of carbonyl (C=O) groups excluding carboxylic acids is 1. The number of carbonyl (C=O) groups is 1. The highest BCUT2D eigenvalue weighted by atomic mass is 16.7. The van der Waals surface area contributed by atoms with Gasteiger partial charge in [0.15, 0.2) is 11.5 Å². The number of rotatable bonds is 4. The predicted molar refractivity (Wildman–Crippen MR) is 70.2 cm³/mol. The Morgan fingerprint density at radius 3 is 3.11 bits per heavy atom. The normalized spacial score (nSPS) is 19.7. The van der Waals surface area contributed by atoms with Crippen LogP contribution in [0.4, 0.5) is 0 Å². The van der Waals surface area contributed by atoms with Gasteiger partial charge in [-0.3, -0.25) is 10.1 Å². The second-order valence-corrected chi connectivity index (χ2v) is 4.54. The number of nitrogens with one attached hydrogen (secondary N) is 2. The highest BCUT2D eigenvalue weighted by Gasteiger charge is 2.17. The molecule has 2 aliphatic rings. The Bertz CT molecular complexity index is 513. The Morgan fingerprint density at radius 2 is 2.26 bits per heavy atom. The molecule has 0 aromatic heterocycles. The molecule has 19 heavy (non-hydrogen) atoms. The first-order chi connectivity index (χ1) is 9.33. The third kappa shape index (κ3) is 2.71. The summed E-state index contributed by atoms with van der Waals surface area (Å²) in [6.45, 7) is 1.67.